The van der Waals surface area contributed by atoms with Gasteiger partial charge in [0.2, 0.25) is 0 Å². The van der Waals surface area contributed by atoms with Crippen LogP contribution in [0.3, 0.4) is 0 Å². The van der Waals surface area contributed by atoms with Crippen LogP contribution in [-0.4, -0.2) is 26.7 Å². The molecule has 0 aliphatic carbocycles. The Labute approximate surface area is 110 Å². The molecule has 94 valence electrons. The molecule has 1 atom stereocenters. The van der Waals surface area contributed by atoms with Crippen molar-refractivity contribution in [3.63, 3.8) is 0 Å². The van der Waals surface area contributed by atoms with E-state index in [1.54, 1.807) is 23.1 Å². The average Bonchev–Trinajstić information content (AvgIpc) is 2.82. The first kappa shape index (κ1) is 12.6. The lowest BCUT2D eigenvalue weighted by Gasteiger charge is -2.14. The number of nitrogens with one attached hydrogen (secondary N) is 1. The first-order valence-electron chi connectivity index (χ1n) is 5.54. The molecule has 18 heavy (non-hydrogen) atoms. The molecule has 0 spiro atoms. The standard InChI is InChI=1S/C12H13ClN4O/c1-9(8-17-6-2-4-15-17)16-12(18)10-3-5-14-7-11(10)13/h2-7,9H,8H2,1H3,(H,16,18). The molecular weight excluding hydrogens is 252 g/mol. The number of halogens is 1. The van der Waals surface area contributed by atoms with Crippen LogP contribution in [0.15, 0.2) is 36.9 Å². The van der Waals surface area contributed by atoms with Crippen LogP contribution >= 0.6 is 11.6 Å². The Hall–Kier alpha value is -1.88. The van der Waals surface area contributed by atoms with E-state index in [4.69, 9.17) is 11.6 Å². The van der Waals surface area contributed by atoms with Gasteiger partial charge in [0.15, 0.2) is 0 Å². The third-order valence-corrected chi connectivity index (χ3v) is 2.72. The van der Waals surface area contributed by atoms with Crippen LogP contribution in [0.25, 0.3) is 0 Å². The van der Waals surface area contributed by atoms with Crippen LogP contribution in [0.1, 0.15) is 17.3 Å². The summed E-state index contributed by atoms with van der Waals surface area (Å²) in [6, 6.07) is 3.40. The van der Waals surface area contributed by atoms with E-state index in [0.717, 1.165) is 0 Å². The molecule has 0 bridgehead atoms. The molecule has 1 amide bonds. The molecule has 2 rings (SSSR count). The second kappa shape index (κ2) is 5.64. The molecule has 2 aromatic heterocycles. The maximum absolute atomic E-state index is 12.0. The molecule has 1 N–H and O–H groups in total. The van der Waals surface area contributed by atoms with E-state index < -0.39 is 0 Å². The van der Waals surface area contributed by atoms with E-state index in [1.807, 2.05) is 19.2 Å². The predicted octanol–water partition coefficient (Wildman–Crippen LogP) is 1.75. The Morgan fingerprint density at radius 1 is 1.56 bits per heavy atom. The Morgan fingerprint density at radius 3 is 3.06 bits per heavy atom. The van der Waals surface area contributed by atoms with Crippen molar-refractivity contribution in [2.24, 2.45) is 0 Å². The molecule has 0 aliphatic heterocycles. The van der Waals surface area contributed by atoms with Crippen LogP contribution in [0.2, 0.25) is 5.02 Å². The molecule has 0 aromatic carbocycles. The van der Waals surface area contributed by atoms with Gasteiger partial charge in [0.1, 0.15) is 0 Å². The van der Waals surface area contributed by atoms with E-state index in [1.165, 1.54) is 6.20 Å². The maximum Gasteiger partial charge on any atom is 0.253 e. The van der Waals surface area contributed by atoms with Gasteiger partial charge in [-0.2, -0.15) is 5.10 Å². The van der Waals surface area contributed by atoms with Gasteiger partial charge in [-0.1, -0.05) is 11.6 Å². The van der Waals surface area contributed by atoms with Crippen LogP contribution < -0.4 is 5.32 Å². The van der Waals surface area contributed by atoms with Gasteiger partial charge in [-0.05, 0) is 19.1 Å². The zero-order valence-electron chi connectivity index (χ0n) is 9.88. The van der Waals surface area contributed by atoms with Crippen molar-refractivity contribution in [3.8, 4) is 0 Å². The van der Waals surface area contributed by atoms with Crippen molar-refractivity contribution in [1.29, 1.82) is 0 Å². The van der Waals surface area contributed by atoms with Gasteiger partial charge < -0.3 is 5.32 Å². The van der Waals surface area contributed by atoms with Crippen molar-refractivity contribution in [3.05, 3.63) is 47.5 Å². The Balaban J connectivity index is 1.97. The maximum atomic E-state index is 12.0. The fourth-order valence-electron chi connectivity index (χ4n) is 1.60. The highest BCUT2D eigenvalue weighted by molar-refractivity contribution is 6.33. The summed E-state index contributed by atoms with van der Waals surface area (Å²) >= 11 is 5.90. The molecule has 0 aliphatic rings. The molecule has 5 nitrogen and oxygen atoms in total. The summed E-state index contributed by atoms with van der Waals surface area (Å²) in [6.45, 7) is 2.52. The van der Waals surface area contributed by atoms with E-state index >= 15 is 0 Å². The summed E-state index contributed by atoms with van der Waals surface area (Å²) in [4.78, 5) is 15.8. The summed E-state index contributed by atoms with van der Waals surface area (Å²) in [5.74, 6) is -0.206. The van der Waals surface area contributed by atoms with Gasteiger partial charge in [0, 0.05) is 30.8 Å². The molecule has 0 radical (unpaired) electrons. The minimum Gasteiger partial charge on any atom is -0.348 e. The van der Waals surface area contributed by atoms with E-state index in [2.05, 4.69) is 15.4 Å². The number of rotatable bonds is 4. The number of hydrogen-bond acceptors (Lipinski definition) is 3. The fraction of sp³-hybridized carbons (Fsp3) is 0.250. The summed E-state index contributed by atoms with van der Waals surface area (Å²) in [5, 5.41) is 7.29. The minimum atomic E-state index is -0.206. The smallest absolute Gasteiger partial charge is 0.253 e. The van der Waals surface area contributed by atoms with E-state index in [9.17, 15) is 4.79 Å². The summed E-state index contributed by atoms with van der Waals surface area (Å²) in [5.41, 5.74) is 0.430. The second-order valence-corrected chi connectivity index (χ2v) is 4.37. The topological polar surface area (TPSA) is 59.8 Å². The average molecular weight is 265 g/mol. The highest BCUT2D eigenvalue weighted by Gasteiger charge is 2.13. The quantitative estimate of drug-likeness (QED) is 0.915. The molecular formula is C12H13ClN4O. The second-order valence-electron chi connectivity index (χ2n) is 3.96. The Bertz CT molecular complexity index is 527. The SMILES string of the molecule is CC(Cn1cccn1)NC(=O)c1ccncc1Cl. The number of aromatic nitrogens is 3. The molecule has 2 heterocycles. The van der Waals surface area contributed by atoms with E-state index in [-0.39, 0.29) is 11.9 Å². The third-order valence-electron chi connectivity index (χ3n) is 2.41. The number of carbonyl (C=O) groups is 1. The molecule has 0 saturated heterocycles. The monoisotopic (exact) mass is 264 g/mol. The number of hydrogen-bond donors (Lipinski definition) is 1. The Morgan fingerprint density at radius 2 is 2.39 bits per heavy atom. The van der Waals surface area contributed by atoms with Crippen LogP contribution in [0, 0.1) is 0 Å². The number of amides is 1. The first-order chi connectivity index (χ1) is 8.66. The van der Waals surface area contributed by atoms with Crippen molar-refractivity contribution in [1.82, 2.24) is 20.1 Å². The largest absolute Gasteiger partial charge is 0.348 e. The van der Waals surface area contributed by atoms with Crippen molar-refractivity contribution >= 4 is 17.5 Å². The van der Waals surface area contributed by atoms with Gasteiger partial charge >= 0.3 is 0 Å². The summed E-state index contributed by atoms with van der Waals surface area (Å²) in [7, 11) is 0. The zero-order chi connectivity index (χ0) is 13.0. The van der Waals surface area contributed by atoms with Crippen molar-refractivity contribution in [2.45, 2.75) is 19.5 Å². The normalized spacial score (nSPS) is 12.1. The molecule has 0 fully saturated rings. The molecule has 6 heteroatoms. The van der Waals surface area contributed by atoms with Gasteiger partial charge in [0.05, 0.1) is 17.1 Å². The van der Waals surface area contributed by atoms with Crippen molar-refractivity contribution < 1.29 is 4.79 Å². The van der Waals surface area contributed by atoms with Gasteiger partial charge in [-0.25, -0.2) is 0 Å². The van der Waals surface area contributed by atoms with Gasteiger partial charge in [0.25, 0.3) is 5.91 Å². The van der Waals surface area contributed by atoms with Crippen molar-refractivity contribution in [2.75, 3.05) is 0 Å². The molecule has 1 unspecified atom stereocenters. The van der Waals surface area contributed by atoms with E-state index in [0.29, 0.717) is 17.1 Å². The lowest BCUT2D eigenvalue weighted by Crippen LogP contribution is -2.35. The van der Waals surface area contributed by atoms with Crippen LogP contribution in [-0.2, 0) is 6.54 Å². The third kappa shape index (κ3) is 3.07. The highest BCUT2D eigenvalue weighted by atomic mass is 35.5. The van der Waals surface area contributed by atoms with Crippen LogP contribution in [0.5, 0.6) is 0 Å². The van der Waals surface area contributed by atoms with Gasteiger partial charge in [-0.15, -0.1) is 0 Å². The summed E-state index contributed by atoms with van der Waals surface area (Å²) in [6.07, 6.45) is 6.55. The zero-order valence-corrected chi connectivity index (χ0v) is 10.6. The number of nitrogens with zero attached hydrogens (tertiary/aromatic N) is 3. The Kier molecular flexibility index (Phi) is 3.94. The van der Waals surface area contributed by atoms with Gasteiger partial charge in [-0.3, -0.25) is 14.5 Å². The predicted molar refractivity (Wildman–Crippen MR) is 68.4 cm³/mol. The van der Waals surface area contributed by atoms with Crippen LogP contribution in [0.4, 0.5) is 0 Å². The number of carbonyl (C=O) groups excluding carboxylic acids is 1. The fourth-order valence-corrected chi connectivity index (χ4v) is 1.80. The molecule has 2 aromatic rings. The lowest BCUT2D eigenvalue weighted by atomic mass is 10.2. The lowest BCUT2D eigenvalue weighted by molar-refractivity contribution is 0.0936. The summed E-state index contributed by atoms with van der Waals surface area (Å²) < 4.78 is 1.76. The molecule has 0 saturated carbocycles. The first-order valence-corrected chi connectivity index (χ1v) is 5.92. The highest BCUT2D eigenvalue weighted by Crippen LogP contribution is 2.13. The number of pyridine rings is 1. The minimum absolute atomic E-state index is 0.0402.